The first-order valence-electron chi connectivity index (χ1n) is 9.80. The zero-order valence-electron chi connectivity index (χ0n) is 17.1. The first-order valence-corrected chi connectivity index (χ1v) is 10.2. The molecule has 0 unspecified atom stereocenters. The number of carbonyl (C=O) groups excluding carboxylic acids is 1. The number of methoxy groups -OCH3 is 1. The normalized spacial score (nSPS) is 11.1. The molecular weight excluding hydrogens is 398 g/mol. The molecule has 30 heavy (non-hydrogen) atoms. The molecule has 0 atom stereocenters. The van der Waals surface area contributed by atoms with E-state index in [0.29, 0.717) is 17.1 Å². The van der Waals surface area contributed by atoms with E-state index < -0.39 is 0 Å². The Morgan fingerprint density at radius 3 is 2.57 bits per heavy atom. The van der Waals surface area contributed by atoms with Crippen LogP contribution in [0, 0.1) is 6.92 Å². The standard InChI is InChI=1S/C24H22ClN3O2/c1-4-21-27-22-15(2)20(25)13-26-23(22)28(21)14-16-9-11-17(12-10-16)18-7-5-6-8-19(18)24(29)30-3/h5-13H,4,14H2,1-3H3. The second-order valence-corrected chi connectivity index (χ2v) is 7.51. The van der Waals surface area contributed by atoms with Crippen molar-refractivity contribution in [3.05, 3.63) is 82.3 Å². The van der Waals surface area contributed by atoms with Gasteiger partial charge in [-0.25, -0.2) is 14.8 Å². The summed E-state index contributed by atoms with van der Waals surface area (Å²) in [6.07, 6.45) is 2.49. The molecule has 2 aromatic heterocycles. The fourth-order valence-electron chi connectivity index (χ4n) is 3.63. The van der Waals surface area contributed by atoms with Crippen molar-refractivity contribution in [2.75, 3.05) is 7.11 Å². The summed E-state index contributed by atoms with van der Waals surface area (Å²) in [5.41, 5.74) is 6.13. The monoisotopic (exact) mass is 419 g/mol. The molecular formula is C24H22ClN3O2. The van der Waals surface area contributed by atoms with Crippen molar-refractivity contribution in [3.8, 4) is 11.1 Å². The van der Waals surface area contributed by atoms with E-state index in [1.807, 2.05) is 37.3 Å². The number of ether oxygens (including phenoxy) is 1. The van der Waals surface area contributed by atoms with E-state index in [4.69, 9.17) is 21.3 Å². The van der Waals surface area contributed by atoms with Crippen LogP contribution in [0.1, 0.15) is 34.2 Å². The molecule has 4 aromatic rings. The molecule has 0 saturated heterocycles. The molecule has 6 heteroatoms. The molecule has 0 saturated carbocycles. The van der Waals surface area contributed by atoms with E-state index in [1.54, 1.807) is 12.3 Å². The molecule has 0 fully saturated rings. The van der Waals surface area contributed by atoms with Crippen LogP contribution in [0.3, 0.4) is 0 Å². The van der Waals surface area contributed by atoms with E-state index in [0.717, 1.165) is 45.7 Å². The third-order valence-corrected chi connectivity index (χ3v) is 5.67. The Balaban J connectivity index is 1.69. The first-order chi connectivity index (χ1) is 14.5. The largest absolute Gasteiger partial charge is 0.465 e. The molecule has 4 rings (SSSR count). The summed E-state index contributed by atoms with van der Waals surface area (Å²) < 4.78 is 7.05. The fourth-order valence-corrected chi connectivity index (χ4v) is 3.77. The first kappa shape index (κ1) is 20.1. The summed E-state index contributed by atoms with van der Waals surface area (Å²) in [7, 11) is 1.39. The van der Waals surface area contributed by atoms with Gasteiger partial charge in [-0.2, -0.15) is 0 Å². The van der Waals surface area contributed by atoms with Crippen LogP contribution < -0.4 is 0 Å². The molecule has 0 aliphatic carbocycles. The molecule has 0 radical (unpaired) electrons. The Morgan fingerprint density at radius 2 is 1.87 bits per heavy atom. The number of carbonyl (C=O) groups is 1. The lowest BCUT2D eigenvalue weighted by atomic mass is 9.98. The number of aryl methyl sites for hydroxylation is 2. The molecule has 0 bridgehead atoms. The molecule has 2 aromatic carbocycles. The molecule has 0 aliphatic heterocycles. The zero-order valence-corrected chi connectivity index (χ0v) is 17.9. The number of nitrogens with zero attached hydrogens (tertiary/aromatic N) is 3. The topological polar surface area (TPSA) is 57.0 Å². The maximum absolute atomic E-state index is 12.1. The predicted molar refractivity (Wildman–Crippen MR) is 119 cm³/mol. The highest BCUT2D eigenvalue weighted by molar-refractivity contribution is 6.31. The molecule has 5 nitrogen and oxygen atoms in total. The van der Waals surface area contributed by atoms with E-state index in [1.165, 1.54) is 7.11 Å². The second kappa shape index (κ2) is 8.28. The van der Waals surface area contributed by atoms with Gasteiger partial charge in [0.15, 0.2) is 5.65 Å². The zero-order chi connectivity index (χ0) is 21.3. The van der Waals surface area contributed by atoms with Crippen molar-refractivity contribution < 1.29 is 9.53 Å². The Hall–Kier alpha value is -3.18. The number of benzene rings is 2. The number of halogens is 1. The summed E-state index contributed by atoms with van der Waals surface area (Å²) >= 11 is 6.23. The molecule has 0 spiro atoms. The minimum absolute atomic E-state index is 0.341. The maximum Gasteiger partial charge on any atom is 0.338 e. The number of imidazole rings is 1. The smallest absolute Gasteiger partial charge is 0.338 e. The van der Waals surface area contributed by atoms with Crippen molar-refractivity contribution in [1.82, 2.24) is 14.5 Å². The van der Waals surface area contributed by atoms with Gasteiger partial charge in [0, 0.05) is 12.6 Å². The summed E-state index contributed by atoms with van der Waals surface area (Å²) in [6.45, 7) is 4.71. The van der Waals surface area contributed by atoms with Crippen LogP contribution in [-0.2, 0) is 17.7 Å². The summed E-state index contributed by atoms with van der Waals surface area (Å²) in [4.78, 5) is 21.4. The molecule has 0 amide bonds. The van der Waals surface area contributed by atoms with Gasteiger partial charge in [0.2, 0.25) is 0 Å². The van der Waals surface area contributed by atoms with Crippen LogP contribution in [0.15, 0.2) is 54.7 Å². The van der Waals surface area contributed by atoms with Crippen molar-refractivity contribution in [3.63, 3.8) is 0 Å². The Bertz CT molecular complexity index is 1230. The number of hydrogen-bond acceptors (Lipinski definition) is 4. The highest BCUT2D eigenvalue weighted by atomic mass is 35.5. The van der Waals surface area contributed by atoms with E-state index >= 15 is 0 Å². The Kier molecular flexibility index (Phi) is 5.55. The van der Waals surface area contributed by atoms with Gasteiger partial charge >= 0.3 is 5.97 Å². The number of rotatable bonds is 5. The van der Waals surface area contributed by atoms with E-state index in [-0.39, 0.29) is 5.97 Å². The van der Waals surface area contributed by atoms with Crippen molar-refractivity contribution in [2.24, 2.45) is 0 Å². The number of hydrogen-bond donors (Lipinski definition) is 0. The average molecular weight is 420 g/mol. The summed E-state index contributed by atoms with van der Waals surface area (Å²) in [6, 6.07) is 15.6. The molecule has 0 aliphatic rings. The average Bonchev–Trinajstić information content (AvgIpc) is 3.14. The summed E-state index contributed by atoms with van der Waals surface area (Å²) in [5.74, 6) is 0.634. The minimum Gasteiger partial charge on any atom is -0.465 e. The number of esters is 1. The third-order valence-electron chi connectivity index (χ3n) is 5.29. The van der Waals surface area contributed by atoms with Crippen LogP contribution >= 0.6 is 11.6 Å². The lowest BCUT2D eigenvalue weighted by Crippen LogP contribution is -2.05. The summed E-state index contributed by atoms with van der Waals surface area (Å²) in [5, 5.41) is 0.628. The van der Waals surface area contributed by atoms with Gasteiger partial charge < -0.3 is 9.30 Å². The molecule has 0 N–H and O–H groups in total. The minimum atomic E-state index is -0.341. The Labute approximate surface area is 180 Å². The van der Waals surface area contributed by atoms with Gasteiger partial charge in [0.25, 0.3) is 0 Å². The fraction of sp³-hybridized carbons (Fsp3) is 0.208. The van der Waals surface area contributed by atoms with Crippen LogP contribution in [0.4, 0.5) is 0 Å². The third kappa shape index (κ3) is 3.57. The van der Waals surface area contributed by atoms with Crippen LogP contribution in [-0.4, -0.2) is 27.6 Å². The second-order valence-electron chi connectivity index (χ2n) is 7.11. The van der Waals surface area contributed by atoms with Gasteiger partial charge in [-0.05, 0) is 35.2 Å². The number of fused-ring (bicyclic) bond motifs is 1. The van der Waals surface area contributed by atoms with Gasteiger partial charge in [0.05, 0.1) is 24.2 Å². The molecule has 152 valence electrons. The Morgan fingerprint density at radius 1 is 1.13 bits per heavy atom. The highest BCUT2D eigenvalue weighted by Gasteiger charge is 2.15. The lowest BCUT2D eigenvalue weighted by Gasteiger charge is -2.11. The van der Waals surface area contributed by atoms with Crippen molar-refractivity contribution >= 4 is 28.7 Å². The van der Waals surface area contributed by atoms with Gasteiger partial charge in [0.1, 0.15) is 11.3 Å². The SMILES string of the molecule is CCc1nc2c(C)c(Cl)cnc2n1Cc1ccc(-c2ccccc2C(=O)OC)cc1. The maximum atomic E-state index is 12.1. The van der Waals surface area contributed by atoms with Gasteiger partial charge in [-0.3, -0.25) is 0 Å². The van der Waals surface area contributed by atoms with Crippen molar-refractivity contribution in [2.45, 2.75) is 26.8 Å². The van der Waals surface area contributed by atoms with Gasteiger partial charge in [-0.1, -0.05) is 61.0 Å². The highest BCUT2D eigenvalue weighted by Crippen LogP contribution is 2.27. The predicted octanol–water partition coefficient (Wildman–Crippen LogP) is 5.46. The number of aromatic nitrogens is 3. The quantitative estimate of drug-likeness (QED) is 0.403. The van der Waals surface area contributed by atoms with Crippen LogP contribution in [0.25, 0.3) is 22.3 Å². The van der Waals surface area contributed by atoms with E-state index in [2.05, 4.69) is 28.6 Å². The number of pyridine rings is 1. The lowest BCUT2D eigenvalue weighted by molar-refractivity contribution is 0.0601. The van der Waals surface area contributed by atoms with Crippen LogP contribution in [0.2, 0.25) is 5.02 Å². The molecule has 2 heterocycles. The van der Waals surface area contributed by atoms with E-state index in [9.17, 15) is 4.79 Å². The van der Waals surface area contributed by atoms with Gasteiger partial charge in [-0.15, -0.1) is 0 Å². The van der Waals surface area contributed by atoms with Crippen molar-refractivity contribution in [1.29, 1.82) is 0 Å². The van der Waals surface area contributed by atoms with Crippen LogP contribution in [0.5, 0.6) is 0 Å².